The van der Waals surface area contributed by atoms with Gasteiger partial charge in [-0.1, -0.05) is 0 Å². The Morgan fingerprint density at radius 3 is 2.73 bits per heavy atom. The maximum atomic E-state index is 10.9. The standard InChI is InChI=1S/C7H9NO3/c9-6-3-4-1-2-5(7(10)11)8(4)6/h4-5H,1-3H2,(H,10,11)/p-1/t4-,5+/m1/s1. The van der Waals surface area contributed by atoms with Crippen molar-refractivity contribution < 1.29 is 14.7 Å². The highest BCUT2D eigenvalue weighted by Gasteiger charge is 2.45. The second-order valence-electron chi connectivity index (χ2n) is 3.07. The zero-order valence-electron chi connectivity index (χ0n) is 5.95. The van der Waals surface area contributed by atoms with E-state index in [1.807, 2.05) is 0 Å². The third-order valence-corrected chi connectivity index (χ3v) is 2.47. The minimum atomic E-state index is -1.11. The normalized spacial score (nSPS) is 34.9. The second kappa shape index (κ2) is 1.96. The van der Waals surface area contributed by atoms with Crippen molar-refractivity contribution >= 4 is 11.9 Å². The summed E-state index contributed by atoms with van der Waals surface area (Å²) in [7, 11) is 0. The van der Waals surface area contributed by atoms with Crippen LogP contribution in [0.2, 0.25) is 0 Å². The lowest BCUT2D eigenvalue weighted by Crippen LogP contribution is -2.57. The van der Waals surface area contributed by atoms with Crippen molar-refractivity contribution in [3.8, 4) is 0 Å². The maximum absolute atomic E-state index is 10.9. The number of carbonyl (C=O) groups is 2. The molecule has 0 spiro atoms. The van der Waals surface area contributed by atoms with E-state index in [0.29, 0.717) is 12.8 Å². The molecule has 0 bridgehead atoms. The fraction of sp³-hybridized carbons (Fsp3) is 0.714. The van der Waals surface area contributed by atoms with Crippen LogP contribution in [0.4, 0.5) is 0 Å². The summed E-state index contributed by atoms with van der Waals surface area (Å²) in [4.78, 5) is 22.7. The van der Waals surface area contributed by atoms with Gasteiger partial charge in [-0.2, -0.15) is 0 Å². The van der Waals surface area contributed by atoms with Gasteiger partial charge in [-0.05, 0) is 12.8 Å². The summed E-state index contributed by atoms with van der Waals surface area (Å²) in [5.74, 6) is -1.15. The average molecular weight is 154 g/mol. The fourth-order valence-corrected chi connectivity index (χ4v) is 1.89. The number of hydrogen-bond acceptors (Lipinski definition) is 3. The third-order valence-electron chi connectivity index (χ3n) is 2.47. The van der Waals surface area contributed by atoms with Gasteiger partial charge in [0.05, 0.1) is 12.0 Å². The van der Waals surface area contributed by atoms with Gasteiger partial charge in [0.15, 0.2) is 0 Å². The molecule has 2 saturated heterocycles. The summed E-state index contributed by atoms with van der Waals surface area (Å²) in [6, 6.07) is -0.438. The van der Waals surface area contributed by atoms with E-state index in [4.69, 9.17) is 0 Å². The number of β-lactam (4-membered cyclic amide) rings is 1. The molecule has 0 aromatic heterocycles. The summed E-state index contributed by atoms with van der Waals surface area (Å²) < 4.78 is 0. The van der Waals surface area contributed by atoms with E-state index in [1.54, 1.807) is 0 Å². The molecule has 2 aliphatic rings. The molecule has 2 fully saturated rings. The van der Waals surface area contributed by atoms with Crippen LogP contribution in [0.1, 0.15) is 19.3 Å². The number of fused-ring (bicyclic) bond motifs is 1. The Balaban J connectivity index is 2.14. The molecule has 60 valence electrons. The third kappa shape index (κ3) is 0.751. The zero-order chi connectivity index (χ0) is 8.01. The van der Waals surface area contributed by atoms with Crippen LogP contribution in [-0.2, 0) is 9.59 Å². The molecule has 2 aliphatic heterocycles. The quantitative estimate of drug-likeness (QED) is 0.432. The molecule has 0 aromatic rings. The minimum Gasteiger partial charge on any atom is -0.548 e. The van der Waals surface area contributed by atoms with Crippen LogP contribution in [0.25, 0.3) is 0 Å². The van der Waals surface area contributed by atoms with Crippen molar-refractivity contribution in [3.05, 3.63) is 0 Å². The predicted molar refractivity (Wildman–Crippen MR) is 33.3 cm³/mol. The van der Waals surface area contributed by atoms with Crippen LogP contribution < -0.4 is 5.11 Å². The molecule has 0 saturated carbocycles. The van der Waals surface area contributed by atoms with Gasteiger partial charge < -0.3 is 14.8 Å². The van der Waals surface area contributed by atoms with E-state index in [0.717, 1.165) is 6.42 Å². The van der Waals surface area contributed by atoms with Gasteiger partial charge in [0.2, 0.25) is 5.91 Å². The molecule has 0 unspecified atom stereocenters. The number of amides is 1. The molecule has 4 nitrogen and oxygen atoms in total. The van der Waals surface area contributed by atoms with Crippen LogP contribution in [0.15, 0.2) is 0 Å². The summed E-state index contributed by atoms with van der Waals surface area (Å²) in [5.41, 5.74) is 0. The lowest BCUT2D eigenvalue weighted by Gasteiger charge is -2.38. The van der Waals surface area contributed by atoms with Gasteiger partial charge in [-0.25, -0.2) is 0 Å². The molecule has 11 heavy (non-hydrogen) atoms. The molecule has 2 heterocycles. The van der Waals surface area contributed by atoms with E-state index in [1.165, 1.54) is 4.90 Å². The Morgan fingerprint density at radius 1 is 1.55 bits per heavy atom. The maximum Gasteiger partial charge on any atom is 0.225 e. The first-order valence-electron chi connectivity index (χ1n) is 3.72. The highest BCUT2D eigenvalue weighted by atomic mass is 16.4. The van der Waals surface area contributed by atoms with Crippen LogP contribution in [0.3, 0.4) is 0 Å². The highest BCUT2D eigenvalue weighted by Crippen LogP contribution is 2.34. The number of carboxylic acids is 1. The van der Waals surface area contributed by atoms with Crippen molar-refractivity contribution in [2.45, 2.75) is 31.3 Å². The summed E-state index contributed by atoms with van der Waals surface area (Å²) in [5, 5.41) is 10.4. The van der Waals surface area contributed by atoms with Crippen LogP contribution in [0, 0.1) is 0 Å². The average Bonchev–Trinajstić information content (AvgIpc) is 2.25. The fourth-order valence-electron chi connectivity index (χ4n) is 1.89. The molecule has 0 radical (unpaired) electrons. The monoisotopic (exact) mass is 154 g/mol. The van der Waals surface area contributed by atoms with E-state index in [9.17, 15) is 14.7 Å². The molecule has 1 amide bonds. The van der Waals surface area contributed by atoms with E-state index in [2.05, 4.69) is 0 Å². The number of hydrogen-bond donors (Lipinski definition) is 0. The summed E-state index contributed by atoms with van der Waals surface area (Å²) in [6.07, 6.45) is 1.92. The molecule has 2 atom stereocenters. The largest absolute Gasteiger partial charge is 0.548 e. The van der Waals surface area contributed by atoms with Crippen molar-refractivity contribution in [2.75, 3.05) is 0 Å². The molecular formula is C7H8NO3-. The van der Waals surface area contributed by atoms with Gasteiger partial charge in [0, 0.05) is 12.5 Å². The van der Waals surface area contributed by atoms with E-state index in [-0.39, 0.29) is 11.9 Å². The van der Waals surface area contributed by atoms with Crippen molar-refractivity contribution in [1.29, 1.82) is 0 Å². The second-order valence-corrected chi connectivity index (χ2v) is 3.07. The smallest absolute Gasteiger partial charge is 0.225 e. The Bertz CT molecular complexity index is 218. The van der Waals surface area contributed by atoms with Crippen LogP contribution in [-0.4, -0.2) is 28.9 Å². The number of carboxylic acid groups (broad SMARTS) is 1. The van der Waals surface area contributed by atoms with Gasteiger partial charge in [0.1, 0.15) is 0 Å². The van der Waals surface area contributed by atoms with E-state index >= 15 is 0 Å². The molecule has 0 N–H and O–H groups in total. The number of aliphatic carboxylic acids is 1. The van der Waals surface area contributed by atoms with Gasteiger partial charge in [-0.15, -0.1) is 0 Å². The van der Waals surface area contributed by atoms with E-state index < -0.39 is 12.0 Å². The lowest BCUT2D eigenvalue weighted by atomic mass is 10.0. The number of rotatable bonds is 1. The summed E-state index contributed by atoms with van der Waals surface area (Å²) in [6.45, 7) is 0. The van der Waals surface area contributed by atoms with Crippen LogP contribution >= 0.6 is 0 Å². The SMILES string of the molecule is O=C([O-])[C@@H]1CC[C@@H]2CC(=O)N21. The first kappa shape index (κ1) is 6.64. The topological polar surface area (TPSA) is 60.4 Å². The predicted octanol–water partition coefficient (Wildman–Crippen LogP) is -1.50. The lowest BCUT2D eigenvalue weighted by molar-refractivity contribution is -0.311. The number of nitrogens with zero attached hydrogens (tertiary/aromatic N) is 1. The zero-order valence-corrected chi connectivity index (χ0v) is 5.95. The number of carbonyl (C=O) groups excluding carboxylic acids is 2. The first-order chi connectivity index (χ1) is 5.20. The Labute approximate surface area is 63.8 Å². The van der Waals surface area contributed by atoms with Crippen LogP contribution in [0.5, 0.6) is 0 Å². The Hall–Kier alpha value is -1.06. The minimum absolute atomic E-state index is 0.0401. The van der Waals surface area contributed by atoms with Gasteiger partial charge >= 0.3 is 0 Å². The van der Waals surface area contributed by atoms with Crippen molar-refractivity contribution in [3.63, 3.8) is 0 Å². The molecule has 2 rings (SSSR count). The molecule has 4 heteroatoms. The first-order valence-corrected chi connectivity index (χ1v) is 3.72. The highest BCUT2D eigenvalue weighted by molar-refractivity contribution is 5.89. The van der Waals surface area contributed by atoms with Gasteiger partial charge in [-0.3, -0.25) is 4.79 Å². The molecule has 0 aliphatic carbocycles. The summed E-state index contributed by atoms with van der Waals surface area (Å²) >= 11 is 0. The van der Waals surface area contributed by atoms with Crippen molar-refractivity contribution in [2.24, 2.45) is 0 Å². The Kier molecular flexibility index (Phi) is 1.19. The van der Waals surface area contributed by atoms with Crippen molar-refractivity contribution in [1.82, 2.24) is 4.90 Å². The van der Waals surface area contributed by atoms with Gasteiger partial charge in [0.25, 0.3) is 0 Å². The Morgan fingerprint density at radius 2 is 2.27 bits per heavy atom. The molecule has 0 aromatic carbocycles. The molecular weight excluding hydrogens is 146 g/mol.